The fraction of sp³-hybridized carbons (Fsp3) is 0.200. The zero-order valence-corrected chi connectivity index (χ0v) is 15.8. The summed E-state index contributed by atoms with van der Waals surface area (Å²) in [5, 5.41) is 12.4. The van der Waals surface area contributed by atoms with Gasteiger partial charge in [0.25, 0.3) is 5.91 Å². The maximum absolute atomic E-state index is 12.1. The van der Waals surface area contributed by atoms with Gasteiger partial charge in [-0.3, -0.25) is 9.59 Å². The second-order valence-electron chi connectivity index (χ2n) is 6.25. The molecule has 0 bridgehead atoms. The first-order chi connectivity index (χ1) is 13.0. The summed E-state index contributed by atoms with van der Waals surface area (Å²) < 4.78 is 0. The number of fused-ring (bicyclic) bond motifs is 1. The van der Waals surface area contributed by atoms with E-state index in [0.29, 0.717) is 23.2 Å². The normalized spacial score (nSPS) is 12.0. The van der Waals surface area contributed by atoms with Crippen LogP contribution in [-0.4, -0.2) is 41.6 Å². The maximum atomic E-state index is 12.1. The van der Waals surface area contributed by atoms with Gasteiger partial charge < -0.3 is 10.2 Å². The second-order valence-corrected chi connectivity index (χ2v) is 7.30. The van der Waals surface area contributed by atoms with Crippen LogP contribution >= 0.6 is 11.8 Å². The summed E-state index contributed by atoms with van der Waals surface area (Å²) >= 11 is 1.39. The second kappa shape index (κ2) is 8.06. The molecule has 0 unspecified atom stereocenters. The van der Waals surface area contributed by atoms with Crippen LogP contribution in [0.15, 0.2) is 47.5 Å². The zero-order valence-electron chi connectivity index (χ0n) is 15.0. The molecule has 136 valence electrons. The minimum Gasteiger partial charge on any atom is -0.345 e. The number of anilines is 1. The molecule has 0 saturated heterocycles. The topological polar surface area (TPSA) is 85.6 Å². The quantitative estimate of drug-likeness (QED) is 0.885. The lowest BCUT2D eigenvalue weighted by molar-refractivity contribution is -0.113. The Labute approximate surface area is 161 Å². The van der Waals surface area contributed by atoms with Crippen molar-refractivity contribution in [3.63, 3.8) is 0 Å². The van der Waals surface area contributed by atoms with Crippen LogP contribution in [0.5, 0.6) is 0 Å². The Morgan fingerprint density at radius 1 is 1.22 bits per heavy atom. The number of nitrogens with one attached hydrogen (secondary N) is 1. The van der Waals surface area contributed by atoms with Crippen molar-refractivity contribution in [1.29, 1.82) is 5.26 Å². The Morgan fingerprint density at radius 3 is 2.63 bits per heavy atom. The van der Waals surface area contributed by atoms with Gasteiger partial charge in [0.05, 0.1) is 28.1 Å². The summed E-state index contributed by atoms with van der Waals surface area (Å²) in [6, 6.07) is 14.3. The van der Waals surface area contributed by atoms with E-state index in [9.17, 15) is 9.59 Å². The largest absolute Gasteiger partial charge is 0.345 e. The monoisotopic (exact) mass is 378 g/mol. The molecule has 0 aromatic heterocycles. The Hall–Kier alpha value is -3.11. The van der Waals surface area contributed by atoms with Crippen LogP contribution in [0, 0.1) is 11.3 Å². The summed E-state index contributed by atoms with van der Waals surface area (Å²) in [4.78, 5) is 30.2. The van der Waals surface area contributed by atoms with Crippen molar-refractivity contribution >= 4 is 40.0 Å². The molecule has 1 N–H and O–H groups in total. The first kappa shape index (κ1) is 18.7. The Morgan fingerprint density at radius 2 is 1.96 bits per heavy atom. The van der Waals surface area contributed by atoms with Crippen LogP contribution < -0.4 is 5.32 Å². The Kier molecular flexibility index (Phi) is 5.57. The highest BCUT2D eigenvalue weighted by Crippen LogP contribution is 2.31. The molecule has 6 nitrogen and oxygen atoms in total. The minimum atomic E-state index is -0.133. The first-order valence-electron chi connectivity index (χ1n) is 8.31. The van der Waals surface area contributed by atoms with E-state index in [1.807, 2.05) is 18.2 Å². The lowest BCUT2D eigenvalue weighted by atomic mass is 10.1. The number of carbonyl (C=O) groups excluding carboxylic acids is 2. The van der Waals surface area contributed by atoms with E-state index < -0.39 is 0 Å². The van der Waals surface area contributed by atoms with Gasteiger partial charge in [-0.15, -0.1) is 11.8 Å². The number of carbonyl (C=O) groups is 2. The van der Waals surface area contributed by atoms with Gasteiger partial charge in [-0.25, -0.2) is 4.99 Å². The Balaban J connectivity index is 1.57. The molecule has 1 aliphatic heterocycles. The number of benzene rings is 2. The number of aliphatic imine (C=N–C) groups is 1. The highest BCUT2D eigenvalue weighted by Gasteiger charge is 2.18. The SMILES string of the molecule is CN(C)C(=O)c1ccc2c(c1)N=C(SCC(=O)Nc1ccc(C#N)cc1)C2. The van der Waals surface area contributed by atoms with E-state index in [-0.39, 0.29) is 17.6 Å². The van der Waals surface area contributed by atoms with Crippen LogP contribution in [0.3, 0.4) is 0 Å². The van der Waals surface area contributed by atoms with Gasteiger partial charge in [0, 0.05) is 31.8 Å². The third-order valence-corrected chi connectivity index (χ3v) is 4.97. The fourth-order valence-electron chi connectivity index (χ4n) is 2.60. The van der Waals surface area contributed by atoms with E-state index in [1.165, 1.54) is 16.7 Å². The van der Waals surface area contributed by atoms with Crippen molar-refractivity contribution in [2.45, 2.75) is 6.42 Å². The number of hydrogen-bond acceptors (Lipinski definition) is 5. The van der Waals surface area contributed by atoms with Gasteiger partial charge >= 0.3 is 0 Å². The third-order valence-electron chi connectivity index (χ3n) is 3.99. The van der Waals surface area contributed by atoms with Crippen molar-refractivity contribution in [3.8, 4) is 6.07 Å². The molecular formula is C20H18N4O2S. The van der Waals surface area contributed by atoms with Crippen LogP contribution in [0.4, 0.5) is 11.4 Å². The summed E-state index contributed by atoms with van der Waals surface area (Å²) in [6.45, 7) is 0. The molecule has 0 spiro atoms. The molecule has 27 heavy (non-hydrogen) atoms. The van der Waals surface area contributed by atoms with E-state index in [1.54, 1.807) is 44.4 Å². The Bertz CT molecular complexity index is 959. The van der Waals surface area contributed by atoms with Crippen LogP contribution in [0.2, 0.25) is 0 Å². The molecule has 0 aliphatic carbocycles. The van der Waals surface area contributed by atoms with Crippen LogP contribution in [0.25, 0.3) is 0 Å². The van der Waals surface area contributed by atoms with Gasteiger partial charge in [0.1, 0.15) is 0 Å². The lowest BCUT2D eigenvalue weighted by Gasteiger charge is -2.10. The molecule has 0 atom stereocenters. The number of amides is 2. The van der Waals surface area contributed by atoms with Crippen molar-refractivity contribution in [1.82, 2.24) is 4.90 Å². The van der Waals surface area contributed by atoms with Gasteiger partial charge in [0.15, 0.2) is 0 Å². The highest BCUT2D eigenvalue weighted by molar-refractivity contribution is 8.14. The smallest absolute Gasteiger partial charge is 0.253 e. The van der Waals surface area contributed by atoms with Crippen molar-refractivity contribution in [2.24, 2.45) is 4.99 Å². The number of rotatable bonds is 4. The van der Waals surface area contributed by atoms with E-state index >= 15 is 0 Å². The van der Waals surface area contributed by atoms with Gasteiger partial charge in [-0.1, -0.05) is 6.07 Å². The van der Waals surface area contributed by atoms with Crippen LogP contribution in [-0.2, 0) is 11.2 Å². The summed E-state index contributed by atoms with van der Waals surface area (Å²) in [7, 11) is 3.43. The molecule has 2 aromatic carbocycles. The molecule has 0 saturated carbocycles. The molecule has 2 aromatic rings. The van der Waals surface area contributed by atoms with Crippen LogP contribution in [0.1, 0.15) is 21.5 Å². The number of hydrogen-bond donors (Lipinski definition) is 1. The molecule has 0 radical (unpaired) electrons. The predicted octanol–water partition coefficient (Wildman–Crippen LogP) is 3.22. The van der Waals surface area contributed by atoms with E-state index in [0.717, 1.165) is 16.3 Å². The average molecular weight is 378 g/mol. The molecule has 1 aliphatic rings. The molecule has 1 heterocycles. The summed E-state index contributed by atoms with van der Waals surface area (Å²) in [5.74, 6) is 0.0544. The highest BCUT2D eigenvalue weighted by atomic mass is 32.2. The molecule has 2 amide bonds. The molecule has 0 fully saturated rings. The van der Waals surface area contributed by atoms with Crippen molar-refractivity contribution in [2.75, 3.05) is 25.2 Å². The number of nitrogens with zero attached hydrogens (tertiary/aromatic N) is 3. The molecular weight excluding hydrogens is 360 g/mol. The predicted molar refractivity (Wildman–Crippen MR) is 108 cm³/mol. The van der Waals surface area contributed by atoms with Gasteiger partial charge in [-0.05, 0) is 42.0 Å². The zero-order chi connectivity index (χ0) is 19.4. The van der Waals surface area contributed by atoms with Crippen molar-refractivity contribution < 1.29 is 9.59 Å². The fourth-order valence-corrected chi connectivity index (χ4v) is 3.39. The first-order valence-corrected chi connectivity index (χ1v) is 9.30. The third kappa shape index (κ3) is 4.54. The lowest BCUT2D eigenvalue weighted by Crippen LogP contribution is -2.21. The standard InChI is InChI=1S/C20H18N4O2S/c1-24(2)20(26)15-6-5-14-10-19(23-17(14)9-15)27-12-18(25)22-16-7-3-13(11-21)4-8-16/h3-9H,10,12H2,1-2H3,(H,22,25). The van der Waals surface area contributed by atoms with E-state index in [2.05, 4.69) is 10.3 Å². The molecule has 3 rings (SSSR count). The average Bonchev–Trinajstić information content (AvgIpc) is 3.08. The maximum Gasteiger partial charge on any atom is 0.253 e. The van der Waals surface area contributed by atoms with Gasteiger partial charge in [-0.2, -0.15) is 5.26 Å². The van der Waals surface area contributed by atoms with E-state index in [4.69, 9.17) is 5.26 Å². The summed E-state index contributed by atoms with van der Waals surface area (Å²) in [5.41, 5.74) is 3.65. The van der Waals surface area contributed by atoms with Crippen molar-refractivity contribution in [3.05, 3.63) is 59.2 Å². The summed E-state index contributed by atoms with van der Waals surface area (Å²) in [6.07, 6.45) is 0.667. The number of thioether (sulfide) groups is 1. The molecule has 7 heteroatoms. The van der Waals surface area contributed by atoms with Gasteiger partial charge in [0.2, 0.25) is 5.91 Å². The minimum absolute atomic E-state index is 0.0594. The number of nitriles is 1.